The molecule has 0 fully saturated rings. The fraction of sp³-hybridized carbons (Fsp3) is 0.167. The molecule has 1 nitrogen and oxygen atoms in total. The molecule has 8 heavy (non-hydrogen) atoms. The standard InChI is InChI=1S/C6H6O.B/c7-6-4-2-1-3-5-6;/h2-5H,1H2;. The molecule has 0 atom stereocenters. The van der Waals surface area contributed by atoms with Crippen LogP contribution in [0.2, 0.25) is 0 Å². The minimum Gasteiger partial charge on any atom is -0.290 e. The van der Waals surface area contributed by atoms with Gasteiger partial charge in [0.05, 0.1) is 0 Å². The molecule has 0 heterocycles. The lowest BCUT2D eigenvalue weighted by Gasteiger charge is -1.87. The zero-order chi connectivity index (χ0) is 5.11. The van der Waals surface area contributed by atoms with Gasteiger partial charge in [-0.25, -0.2) is 0 Å². The molecule has 1 rings (SSSR count). The molecule has 0 aliphatic heterocycles. The Labute approximate surface area is 50.7 Å². The fourth-order valence-electron chi connectivity index (χ4n) is 0.503. The molecule has 0 amide bonds. The van der Waals surface area contributed by atoms with Crippen LogP contribution in [0.1, 0.15) is 6.42 Å². The second-order valence-electron chi connectivity index (χ2n) is 1.44. The first kappa shape index (κ1) is 7.21. The van der Waals surface area contributed by atoms with Crippen molar-refractivity contribution < 1.29 is 4.79 Å². The number of rotatable bonds is 0. The van der Waals surface area contributed by atoms with Crippen LogP contribution in [-0.2, 0) is 4.79 Å². The molecule has 0 aromatic heterocycles. The molecule has 0 bridgehead atoms. The van der Waals surface area contributed by atoms with Gasteiger partial charge >= 0.3 is 0 Å². The normalized spacial score (nSPS) is 15.8. The van der Waals surface area contributed by atoms with Gasteiger partial charge in [-0.1, -0.05) is 12.2 Å². The van der Waals surface area contributed by atoms with Gasteiger partial charge in [0.25, 0.3) is 0 Å². The maximum Gasteiger partial charge on any atom is 0.178 e. The van der Waals surface area contributed by atoms with E-state index in [9.17, 15) is 4.79 Å². The van der Waals surface area contributed by atoms with Crippen LogP contribution < -0.4 is 0 Å². The number of carbonyl (C=O) groups is 1. The van der Waals surface area contributed by atoms with Crippen LogP contribution in [0.4, 0.5) is 0 Å². The molecule has 1 aliphatic rings. The Bertz CT molecular complexity index is 121. The van der Waals surface area contributed by atoms with Gasteiger partial charge in [0.2, 0.25) is 0 Å². The summed E-state index contributed by atoms with van der Waals surface area (Å²) in [6.45, 7) is 0. The summed E-state index contributed by atoms with van der Waals surface area (Å²) in [6, 6.07) is 0. The predicted octanol–water partition coefficient (Wildman–Crippen LogP) is 0.691. The Hall–Kier alpha value is -0.785. The summed E-state index contributed by atoms with van der Waals surface area (Å²) >= 11 is 0. The predicted molar refractivity (Wildman–Crippen MR) is 33.7 cm³/mol. The molecule has 0 aromatic rings. The van der Waals surface area contributed by atoms with E-state index in [-0.39, 0.29) is 14.2 Å². The number of carbonyl (C=O) groups excluding carboxylic acids is 1. The van der Waals surface area contributed by atoms with Gasteiger partial charge in [-0.05, 0) is 18.6 Å². The van der Waals surface area contributed by atoms with E-state index in [0.717, 1.165) is 6.42 Å². The maximum absolute atomic E-state index is 10.3. The smallest absolute Gasteiger partial charge is 0.178 e. The lowest BCUT2D eigenvalue weighted by molar-refractivity contribution is -0.110. The number of hydrogen-bond donors (Lipinski definition) is 0. The lowest BCUT2D eigenvalue weighted by atomic mass is 10.2. The van der Waals surface area contributed by atoms with Crippen molar-refractivity contribution in [2.75, 3.05) is 0 Å². The van der Waals surface area contributed by atoms with Crippen molar-refractivity contribution in [1.29, 1.82) is 0 Å². The summed E-state index contributed by atoms with van der Waals surface area (Å²) in [5.41, 5.74) is 0. The SMILES string of the molecule is O=C1C=CCC=C1.[B]. The van der Waals surface area contributed by atoms with E-state index in [0.29, 0.717) is 0 Å². The summed E-state index contributed by atoms with van der Waals surface area (Å²) in [7, 11) is 0. The highest BCUT2D eigenvalue weighted by atomic mass is 16.1. The van der Waals surface area contributed by atoms with Gasteiger partial charge in [-0.2, -0.15) is 0 Å². The monoisotopic (exact) mass is 105 g/mol. The molecule has 2 heteroatoms. The molecule has 39 valence electrons. The van der Waals surface area contributed by atoms with Crippen LogP contribution in [-0.4, -0.2) is 14.2 Å². The first-order valence-corrected chi connectivity index (χ1v) is 2.26. The molecule has 0 saturated heterocycles. The van der Waals surface area contributed by atoms with E-state index >= 15 is 0 Å². The third-order valence-electron chi connectivity index (χ3n) is 0.836. The first-order chi connectivity index (χ1) is 3.39. The number of allylic oxidation sites excluding steroid dienone is 4. The summed E-state index contributed by atoms with van der Waals surface area (Å²) < 4.78 is 0. The summed E-state index contributed by atoms with van der Waals surface area (Å²) in [5, 5.41) is 0. The highest BCUT2D eigenvalue weighted by molar-refractivity contribution is 5.99. The van der Waals surface area contributed by atoms with Crippen LogP contribution in [0.15, 0.2) is 24.3 Å². The minimum atomic E-state index is 0. The Morgan fingerprint density at radius 2 is 1.75 bits per heavy atom. The van der Waals surface area contributed by atoms with Gasteiger partial charge in [0.15, 0.2) is 5.78 Å². The van der Waals surface area contributed by atoms with Crippen molar-refractivity contribution in [2.24, 2.45) is 0 Å². The molecule has 3 radical (unpaired) electrons. The molecule has 0 unspecified atom stereocenters. The van der Waals surface area contributed by atoms with E-state index in [2.05, 4.69) is 0 Å². The second-order valence-corrected chi connectivity index (χ2v) is 1.44. The zero-order valence-corrected chi connectivity index (χ0v) is 4.50. The van der Waals surface area contributed by atoms with E-state index in [1.807, 2.05) is 12.2 Å². The van der Waals surface area contributed by atoms with E-state index in [1.54, 1.807) is 12.2 Å². The average molecular weight is 105 g/mol. The highest BCUT2D eigenvalue weighted by Gasteiger charge is 1.89. The lowest BCUT2D eigenvalue weighted by Crippen LogP contribution is -1.87. The van der Waals surface area contributed by atoms with Crippen molar-refractivity contribution in [2.45, 2.75) is 6.42 Å². The van der Waals surface area contributed by atoms with Crippen molar-refractivity contribution >= 4 is 14.2 Å². The van der Waals surface area contributed by atoms with Crippen LogP contribution in [0, 0.1) is 0 Å². The number of hydrogen-bond acceptors (Lipinski definition) is 1. The molecule has 0 N–H and O–H groups in total. The fourth-order valence-corrected chi connectivity index (χ4v) is 0.503. The van der Waals surface area contributed by atoms with Gasteiger partial charge in [0, 0.05) is 8.41 Å². The van der Waals surface area contributed by atoms with Crippen LogP contribution in [0.5, 0.6) is 0 Å². The Balaban J connectivity index is 0.000000490. The van der Waals surface area contributed by atoms with Crippen LogP contribution in [0.3, 0.4) is 0 Å². The third kappa shape index (κ3) is 1.78. The van der Waals surface area contributed by atoms with Gasteiger partial charge in [-0.3, -0.25) is 4.79 Å². The molecular formula is C6H6BO. The third-order valence-corrected chi connectivity index (χ3v) is 0.836. The Morgan fingerprint density at radius 3 is 2.00 bits per heavy atom. The van der Waals surface area contributed by atoms with Gasteiger partial charge < -0.3 is 0 Å². The minimum absolute atomic E-state index is 0. The van der Waals surface area contributed by atoms with Gasteiger partial charge in [0.1, 0.15) is 0 Å². The highest BCUT2D eigenvalue weighted by Crippen LogP contribution is 1.93. The largest absolute Gasteiger partial charge is 0.290 e. The van der Waals surface area contributed by atoms with Crippen molar-refractivity contribution in [1.82, 2.24) is 0 Å². The summed E-state index contributed by atoms with van der Waals surface area (Å²) in [5.74, 6) is 0.103. The van der Waals surface area contributed by atoms with Gasteiger partial charge in [-0.15, -0.1) is 0 Å². The molecule has 0 aromatic carbocycles. The average Bonchev–Trinajstić information content (AvgIpc) is 1.69. The molecular weight excluding hydrogens is 98.9 g/mol. The van der Waals surface area contributed by atoms with E-state index < -0.39 is 0 Å². The summed E-state index contributed by atoms with van der Waals surface area (Å²) in [4.78, 5) is 10.3. The summed E-state index contributed by atoms with van der Waals surface area (Å²) in [6.07, 6.45) is 7.77. The first-order valence-electron chi connectivity index (χ1n) is 2.26. The van der Waals surface area contributed by atoms with E-state index in [1.165, 1.54) is 0 Å². The Kier molecular flexibility index (Phi) is 2.93. The van der Waals surface area contributed by atoms with Crippen molar-refractivity contribution in [3.63, 3.8) is 0 Å². The topological polar surface area (TPSA) is 17.1 Å². The van der Waals surface area contributed by atoms with Crippen molar-refractivity contribution in [3.05, 3.63) is 24.3 Å². The number of ketones is 1. The van der Waals surface area contributed by atoms with Crippen molar-refractivity contribution in [3.8, 4) is 0 Å². The molecule has 0 saturated carbocycles. The van der Waals surface area contributed by atoms with Crippen LogP contribution >= 0.6 is 0 Å². The van der Waals surface area contributed by atoms with Crippen LogP contribution in [0.25, 0.3) is 0 Å². The second kappa shape index (κ2) is 3.25. The molecule has 1 aliphatic carbocycles. The maximum atomic E-state index is 10.3. The Morgan fingerprint density at radius 1 is 1.25 bits per heavy atom. The zero-order valence-electron chi connectivity index (χ0n) is 4.50. The van der Waals surface area contributed by atoms with E-state index in [4.69, 9.17) is 0 Å². The quantitative estimate of drug-likeness (QED) is 0.414. The molecule has 0 spiro atoms.